The van der Waals surface area contributed by atoms with Crippen LogP contribution in [0.4, 0.5) is 0 Å². The van der Waals surface area contributed by atoms with Gasteiger partial charge >= 0.3 is 0 Å². The minimum atomic E-state index is -0.294. The molecule has 2 aromatic carbocycles. The Hall–Kier alpha value is -2.92. The minimum Gasteiger partial charge on any atom is -0.350 e. The van der Waals surface area contributed by atoms with Gasteiger partial charge in [-0.25, -0.2) is 0 Å². The first-order valence-corrected chi connectivity index (χ1v) is 8.54. The maximum Gasteiger partial charge on any atom is 0.244 e. The third-order valence-electron chi connectivity index (χ3n) is 3.73. The molecule has 0 aliphatic rings. The number of rotatable bonds is 8. The summed E-state index contributed by atoms with van der Waals surface area (Å²) < 4.78 is 0. The molecular weight excluding hydrogens is 326 g/mol. The van der Waals surface area contributed by atoms with Crippen molar-refractivity contribution in [1.82, 2.24) is 15.5 Å². The molecule has 2 N–H and O–H groups in total. The number of benzene rings is 2. The summed E-state index contributed by atoms with van der Waals surface area (Å²) in [5.41, 5.74) is 3.18. The molecule has 26 heavy (non-hydrogen) atoms. The number of carbonyl (C=O) groups is 2. The van der Waals surface area contributed by atoms with Crippen LogP contribution >= 0.6 is 0 Å². The molecule has 136 valence electrons. The first kappa shape index (κ1) is 19.4. The van der Waals surface area contributed by atoms with Crippen LogP contribution in [0, 0.1) is 0 Å². The highest BCUT2D eigenvalue weighted by molar-refractivity contribution is 5.94. The van der Waals surface area contributed by atoms with E-state index in [-0.39, 0.29) is 18.4 Å². The van der Waals surface area contributed by atoms with Crippen molar-refractivity contribution in [3.05, 3.63) is 77.4 Å². The number of nitrogens with zero attached hydrogens (tertiary/aromatic N) is 1. The summed E-state index contributed by atoms with van der Waals surface area (Å²) in [5.74, 6) is -0.511. The average Bonchev–Trinajstić information content (AvgIpc) is 2.64. The smallest absolute Gasteiger partial charge is 0.244 e. The van der Waals surface area contributed by atoms with Crippen LogP contribution in [0.15, 0.2) is 60.7 Å². The third-order valence-corrected chi connectivity index (χ3v) is 3.73. The first-order valence-electron chi connectivity index (χ1n) is 8.54. The molecule has 0 bridgehead atoms. The number of nitrogens with one attached hydrogen (secondary N) is 2. The van der Waals surface area contributed by atoms with Gasteiger partial charge in [-0.05, 0) is 36.9 Å². The van der Waals surface area contributed by atoms with E-state index >= 15 is 0 Å². The normalized spacial score (nSPS) is 10.9. The average molecular weight is 351 g/mol. The molecule has 2 amide bonds. The molecular formula is C21H25N3O2. The molecule has 5 heteroatoms. The molecule has 0 heterocycles. The Morgan fingerprint density at radius 2 is 1.58 bits per heavy atom. The van der Waals surface area contributed by atoms with Crippen LogP contribution in [0.1, 0.15) is 16.7 Å². The first-order chi connectivity index (χ1) is 12.5. The fourth-order valence-corrected chi connectivity index (χ4v) is 2.44. The number of hydrogen-bond donors (Lipinski definition) is 2. The summed E-state index contributed by atoms with van der Waals surface area (Å²) in [7, 11) is 4.02. The predicted octanol–water partition coefficient (Wildman–Crippen LogP) is 2.19. The van der Waals surface area contributed by atoms with Crippen LogP contribution in [0.5, 0.6) is 0 Å². The molecule has 2 rings (SSSR count). The van der Waals surface area contributed by atoms with E-state index in [1.54, 1.807) is 6.08 Å². The van der Waals surface area contributed by atoms with Crippen molar-refractivity contribution in [3.63, 3.8) is 0 Å². The zero-order valence-corrected chi connectivity index (χ0v) is 15.2. The lowest BCUT2D eigenvalue weighted by Gasteiger charge is -2.14. The molecule has 0 atom stereocenters. The van der Waals surface area contributed by atoms with Crippen LogP contribution in [0.25, 0.3) is 6.08 Å². The highest BCUT2D eigenvalue weighted by Gasteiger charge is 2.06. The van der Waals surface area contributed by atoms with Gasteiger partial charge in [-0.1, -0.05) is 54.6 Å². The quantitative estimate of drug-likeness (QED) is 0.717. The zero-order valence-electron chi connectivity index (χ0n) is 15.2. The van der Waals surface area contributed by atoms with Crippen LogP contribution in [-0.4, -0.2) is 37.4 Å². The molecule has 0 radical (unpaired) electrons. The molecule has 0 unspecified atom stereocenters. The van der Waals surface area contributed by atoms with Gasteiger partial charge in [0.2, 0.25) is 11.8 Å². The lowest BCUT2D eigenvalue weighted by Crippen LogP contribution is -2.36. The van der Waals surface area contributed by atoms with Gasteiger partial charge in [-0.2, -0.15) is 0 Å². The summed E-state index contributed by atoms with van der Waals surface area (Å²) in [6, 6.07) is 17.5. The molecule has 2 aromatic rings. The Bertz CT molecular complexity index is 755. The molecule has 0 aliphatic heterocycles. The second-order valence-electron chi connectivity index (χ2n) is 6.25. The summed E-state index contributed by atoms with van der Waals surface area (Å²) in [4.78, 5) is 25.8. The molecule has 0 fully saturated rings. The van der Waals surface area contributed by atoms with Gasteiger partial charge in [-0.15, -0.1) is 0 Å². The third kappa shape index (κ3) is 6.91. The Morgan fingerprint density at radius 3 is 2.27 bits per heavy atom. The highest BCUT2D eigenvalue weighted by Crippen LogP contribution is 2.10. The van der Waals surface area contributed by atoms with E-state index in [0.29, 0.717) is 6.54 Å². The van der Waals surface area contributed by atoms with Crippen LogP contribution < -0.4 is 10.6 Å². The molecule has 5 nitrogen and oxygen atoms in total. The number of hydrogen-bond acceptors (Lipinski definition) is 3. The van der Waals surface area contributed by atoms with Gasteiger partial charge in [0.05, 0.1) is 6.54 Å². The number of amides is 2. The largest absolute Gasteiger partial charge is 0.350 e. The molecule has 0 spiro atoms. The van der Waals surface area contributed by atoms with Gasteiger partial charge < -0.3 is 15.5 Å². The van der Waals surface area contributed by atoms with Crippen molar-refractivity contribution in [1.29, 1.82) is 0 Å². The van der Waals surface area contributed by atoms with Crippen molar-refractivity contribution in [2.75, 3.05) is 20.6 Å². The van der Waals surface area contributed by atoms with Gasteiger partial charge in [0.25, 0.3) is 0 Å². The lowest BCUT2D eigenvalue weighted by molar-refractivity contribution is -0.124. The minimum absolute atomic E-state index is 0.0478. The monoisotopic (exact) mass is 351 g/mol. The summed E-state index contributed by atoms with van der Waals surface area (Å²) in [6.45, 7) is 1.21. The molecule has 0 aliphatic carbocycles. The standard InChI is InChI=1S/C21H25N3O2/c1-24(2)16-19-11-7-6-10-18(19)14-22-21(26)15-23-20(25)13-12-17-8-4-3-5-9-17/h3-13H,14-16H2,1-2H3,(H,22,26)(H,23,25)/b13-12+. The van der Waals surface area contributed by atoms with E-state index < -0.39 is 0 Å². The van der Waals surface area contributed by atoms with Crippen molar-refractivity contribution < 1.29 is 9.59 Å². The molecule has 0 saturated heterocycles. The van der Waals surface area contributed by atoms with Crippen molar-refractivity contribution in [3.8, 4) is 0 Å². The zero-order chi connectivity index (χ0) is 18.8. The molecule has 0 aromatic heterocycles. The maximum absolute atomic E-state index is 12.0. The Morgan fingerprint density at radius 1 is 0.923 bits per heavy atom. The topological polar surface area (TPSA) is 61.4 Å². The van der Waals surface area contributed by atoms with E-state index in [9.17, 15) is 9.59 Å². The van der Waals surface area contributed by atoms with E-state index in [4.69, 9.17) is 0 Å². The Balaban J connectivity index is 1.77. The van der Waals surface area contributed by atoms with Gasteiger partial charge in [0, 0.05) is 19.2 Å². The maximum atomic E-state index is 12.0. The van der Waals surface area contributed by atoms with Gasteiger partial charge in [-0.3, -0.25) is 9.59 Å². The van der Waals surface area contributed by atoms with Crippen molar-refractivity contribution >= 4 is 17.9 Å². The Kier molecular flexibility index (Phi) is 7.58. The van der Waals surface area contributed by atoms with Crippen LogP contribution in [0.3, 0.4) is 0 Å². The van der Waals surface area contributed by atoms with Crippen LogP contribution in [0.2, 0.25) is 0 Å². The molecule has 0 saturated carbocycles. The highest BCUT2D eigenvalue weighted by atomic mass is 16.2. The van der Waals surface area contributed by atoms with Crippen LogP contribution in [-0.2, 0) is 22.7 Å². The van der Waals surface area contributed by atoms with Gasteiger partial charge in [0.15, 0.2) is 0 Å². The van der Waals surface area contributed by atoms with E-state index in [2.05, 4.69) is 21.6 Å². The second kappa shape index (κ2) is 10.2. The summed E-state index contributed by atoms with van der Waals surface area (Å²) in [5, 5.41) is 5.44. The van der Waals surface area contributed by atoms with Gasteiger partial charge in [0.1, 0.15) is 0 Å². The van der Waals surface area contributed by atoms with Crippen molar-refractivity contribution in [2.45, 2.75) is 13.1 Å². The number of carbonyl (C=O) groups excluding carboxylic acids is 2. The second-order valence-corrected chi connectivity index (χ2v) is 6.25. The SMILES string of the molecule is CN(C)Cc1ccccc1CNC(=O)CNC(=O)/C=C/c1ccccc1. The fourth-order valence-electron chi connectivity index (χ4n) is 2.44. The lowest BCUT2D eigenvalue weighted by atomic mass is 10.1. The predicted molar refractivity (Wildman–Crippen MR) is 104 cm³/mol. The van der Waals surface area contributed by atoms with Crippen molar-refractivity contribution in [2.24, 2.45) is 0 Å². The van der Waals surface area contributed by atoms with E-state index in [0.717, 1.165) is 17.7 Å². The van der Waals surface area contributed by atoms with E-state index in [1.807, 2.05) is 62.6 Å². The fraction of sp³-hybridized carbons (Fsp3) is 0.238. The summed E-state index contributed by atoms with van der Waals surface area (Å²) >= 11 is 0. The Labute approximate surface area is 154 Å². The van der Waals surface area contributed by atoms with E-state index in [1.165, 1.54) is 11.6 Å². The summed E-state index contributed by atoms with van der Waals surface area (Å²) in [6.07, 6.45) is 3.14.